The SMILES string of the molecule is CCOc1ccccc1C(=O)Nc1ccc(Br)cc1. The number of carbonyl (C=O) groups excluding carboxylic acids is 1. The van der Waals surface area contributed by atoms with E-state index in [0.29, 0.717) is 17.9 Å². The normalized spacial score (nSPS) is 10.0. The van der Waals surface area contributed by atoms with Gasteiger partial charge in [-0.15, -0.1) is 0 Å². The third kappa shape index (κ3) is 3.58. The van der Waals surface area contributed by atoms with Crippen LogP contribution in [0.3, 0.4) is 0 Å². The van der Waals surface area contributed by atoms with E-state index in [-0.39, 0.29) is 5.91 Å². The fourth-order valence-corrected chi connectivity index (χ4v) is 1.93. The first-order chi connectivity index (χ1) is 9.20. The number of nitrogens with one attached hydrogen (secondary N) is 1. The lowest BCUT2D eigenvalue weighted by molar-refractivity contribution is 0.102. The first kappa shape index (κ1) is 13.6. The van der Waals surface area contributed by atoms with E-state index in [1.165, 1.54) is 0 Å². The maximum Gasteiger partial charge on any atom is 0.259 e. The average molecular weight is 320 g/mol. The van der Waals surface area contributed by atoms with Gasteiger partial charge in [0.15, 0.2) is 0 Å². The van der Waals surface area contributed by atoms with Crippen molar-refractivity contribution >= 4 is 27.5 Å². The molecule has 0 radical (unpaired) electrons. The summed E-state index contributed by atoms with van der Waals surface area (Å²) in [6, 6.07) is 14.6. The topological polar surface area (TPSA) is 38.3 Å². The zero-order valence-corrected chi connectivity index (χ0v) is 12.1. The van der Waals surface area contributed by atoms with E-state index in [4.69, 9.17) is 4.74 Å². The molecule has 0 heterocycles. The number of rotatable bonds is 4. The standard InChI is InChI=1S/C15H14BrNO2/c1-2-19-14-6-4-3-5-13(14)15(18)17-12-9-7-11(16)8-10-12/h3-10H,2H2,1H3,(H,17,18). The summed E-state index contributed by atoms with van der Waals surface area (Å²) in [5.41, 5.74) is 1.28. The van der Waals surface area contributed by atoms with Crippen molar-refractivity contribution in [3.05, 3.63) is 58.6 Å². The Kier molecular flexibility index (Phi) is 4.58. The fraction of sp³-hybridized carbons (Fsp3) is 0.133. The number of benzene rings is 2. The van der Waals surface area contributed by atoms with Crippen LogP contribution in [0.15, 0.2) is 53.0 Å². The highest BCUT2D eigenvalue weighted by Gasteiger charge is 2.11. The summed E-state index contributed by atoms with van der Waals surface area (Å²) < 4.78 is 6.42. The van der Waals surface area contributed by atoms with E-state index in [9.17, 15) is 4.79 Å². The van der Waals surface area contributed by atoms with Crippen molar-refractivity contribution in [2.45, 2.75) is 6.92 Å². The summed E-state index contributed by atoms with van der Waals surface area (Å²) >= 11 is 3.36. The quantitative estimate of drug-likeness (QED) is 0.921. The molecule has 2 aromatic rings. The summed E-state index contributed by atoms with van der Waals surface area (Å²) in [6.45, 7) is 2.42. The Morgan fingerprint density at radius 3 is 2.53 bits per heavy atom. The van der Waals surface area contributed by atoms with Gasteiger partial charge in [0.05, 0.1) is 12.2 Å². The summed E-state index contributed by atoms with van der Waals surface area (Å²) in [6.07, 6.45) is 0. The molecule has 1 amide bonds. The minimum atomic E-state index is -0.175. The van der Waals surface area contributed by atoms with E-state index in [1.807, 2.05) is 43.3 Å². The van der Waals surface area contributed by atoms with Gasteiger partial charge in [0.25, 0.3) is 5.91 Å². The second-order valence-electron chi connectivity index (χ2n) is 3.89. The van der Waals surface area contributed by atoms with Crippen molar-refractivity contribution in [1.82, 2.24) is 0 Å². The number of hydrogen-bond acceptors (Lipinski definition) is 2. The smallest absolute Gasteiger partial charge is 0.259 e. The van der Waals surface area contributed by atoms with Gasteiger partial charge >= 0.3 is 0 Å². The van der Waals surface area contributed by atoms with Gasteiger partial charge in [0.2, 0.25) is 0 Å². The highest BCUT2D eigenvalue weighted by atomic mass is 79.9. The second-order valence-corrected chi connectivity index (χ2v) is 4.81. The Morgan fingerprint density at radius 2 is 1.84 bits per heavy atom. The average Bonchev–Trinajstić information content (AvgIpc) is 2.42. The molecule has 0 spiro atoms. The summed E-state index contributed by atoms with van der Waals surface area (Å²) in [5, 5.41) is 2.84. The number of amides is 1. The van der Waals surface area contributed by atoms with Crippen LogP contribution in [0.25, 0.3) is 0 Å². The molecule has 0 aromatic heterocycles. The number of para-hydroxylation sites is 1. The molecule has 19 heavy (non-hydrogen) atoms. The second kappa shape index (κ2) is 6.38. The molecule has 1 N–H and O–H groups in total. The van der Waals surface area contributed by atoms with Crippen molar-refractivity contribution in [2.24, 2.45) is 0 Å². The highest BCUT2D eigenvalue weighted by Crippen LogP contribution is 2.20. The Hall–Kier alpha value is -1.81. The first-order valence-electron chi connectivity index (χ1n) is 5.99. The summed E-state index contributed by atoms with van der Waals surface area (Å²) in [4.78, 5) is 12.2. The predicted molar refractivity (Wildman–Crippen MR) is 79.7 cm³/mol. The summed E-state index contributed by atoms with van der Waals surface area (Å²) in [5.74, 6) is 0.422. The lowest BCUT2D eigenvalue weighted by atomic mass is 10.2. The number of ether oxygens (including phenoxy) is 1. The molecule has 4 heteroatoms. The van der Waals surface area contributed by atoms with Crippen molar-refractivity contribution in [3.8, 4) is 5.75 Å². The zero-order valence-electron chi connectivity index (χ0n) is 10.5. The van der Waals surface area contributed by atoms with Crippen LogP contribution < -0.4 is 10.1 Å². The van der Waals surface area contributed by atoms with Gasteiger partial charge in [0.1, 0.15) is 5.75 Å². The maximum atomic E-state index is 12.2. The van der Waals surface area contributed by atoms with Gasteiger partial charge in [-0.25, -0.2) is 0 Å². The van der Waals surface area contributed by atoms with Crippen LogP contribution >= 0.6 is 15.9 Å². The molecule has 0 atom stereocenters. The van der Waals surface area contributed by atoms with Crippen LogP contribution in [0, 0.1) is 0 Å². The van der Waals surface area contributed by atoms with Crippen molar-refractivity contribution in [2.75, 3.05) is 11.9 Å². The van der Waals surface area contributed by atoms with E-state index in [2.05, 4.69) is 21.2 Å². The van der Waals surface area contributed by atoms with Crippen LogP contribution in [-0.2, 0) is 0 Å². The molecular formula is C15H14BrNO2. The minimum absolute atomic E-state index is 0.175. The van der Waals surface area contributed by atoms with E-state index < -0.39 is 0 Å². The molecular weight excluding hydrogens is 306 g/mol. The van der Waals surface area contributed by atoms with Crippen LogP contribution in [0.2, 0.25) is 0 Å². The van der Waals surface area contributed by atoms with Crippen molar-refractivity contribution in [3.63, 3.8) is 0 Å². The molecule has 0 fully saturated rings. The minimum Gasteiger partial charge on any atom is -0.493 e. The molecule has 0 bridgehead atoms. The van der Waals surface area contributed by atoms with Gasteiger partial charge in [-0.3, -0.25) is 4.79 Å². The van der Waals surface area contributed by atoms with Crippen molar-refractivity contribution in [1.29, 1.82) is 0 Å². The summed E-state index contributed by atoms with van der Waals surface area (Å²) in [7, 11) is 0. The Labute approximate surface area is 120 Å². The van der Waals surface area contributed by atoms with Crippen LogP contribution in [0.1, 0.15) is 17.3 Å². The molecule has 0 unspecified atom stereocenters. The molecule has 0 saturated carbocycles. The van der Waals surface area contributed by atoms with Crippen LogP contribution in [0.4, 0.5) is 5.69 Å². The molecule has 0 aliphatic heterocycles. The third-order valence-corrected chi connectivity index (χ3v) is 3.06. The zero-order chi connectivity index (χ0) is 13.7. The first-order valence-corrected chi connectivity index (χ1v) is 6.78. The van der Waals surface area contributed by atoms with Gasteiger partial charge in [-0.2, -0.15) is 0 Å². The molecule has 98 valence electrons. The van der Waals surface area contributed by atoms with Gasteiger partial charge in [-0.05, 0) is 43.3 Å². The van der Waals surface area contributed by atoms with Crippen LogP contribution in [0.5, 0.6) is 5.75 Å². The van der Waals surface area contributed by atoms with Gasteiger partial charge in [0, 0.05) is 10.2 Å². The Morgan fingerprint density at radius 1 is 1.16 bits per heavy atom. The Bertz CT molecular complexity index is 567. The fourth-order valence-electron chi connectivity index (χ4n) is 1.67. The molecule has 2 aromatic carbocycles. The largest absolute Gasteiger partial charge is 0.493 e. The monoisotopic (exact) mass is 319 g/mol. The predicted octanol–water partition coefficient (Wildman–Crippen LogP) is 4.10. The lowest BCUT2D eigenvalue weighted by Gasteiger charge is -2.10. The van der Waals surface area contributed by atoms with Crippen LogP contribution in [-0.4, -0.2) is 12.5 Å². The lowest BCUT2D eigenvalue weighted by Crippen LogP contribution is -2.13. The Balaban J connectivity index is 2.18. The molecule has 0 aliphatic rings. The maximum absolute atomic E-state index is 12.2. The van der Waals surface area contributed by atoms with Gasteiger partial charge < -0.3 is 10.1 Å². The number of carbonyl (C=O) groups is 1. The van der Waals surface area contributed by atoms with E-state index >= 15 is 0 Å². The van der Waals surface area contributed by atoms with E-state index in [0.717, 1.165) is 10.2 Å². The highest BCUT2D eigenvalue weighted by molar-refractivity contribution is 9.10. The van der Waals surface area contributed by atoms with Gasteiger partial charge in [-0.1, -0.05) is 28.1 Å². The molecule has 3 nitrogen and oxygen atoms in total. The number of halogens is 1. The van der Waals surface area contributed by atoms with Crippen molar-refractivity contribution < 1.29 is 9.53 Å². The molecule has 0 aliphatic carbocycles. The number of hydrogen-bond donors (Lipinski definition) is 1. The number of anilines is 1. The molecule has 2 rings (SSSR count). The molecule has 0 saturated heterocycles. The van der Waals surface area contributed by atoms with E-state index in [1.54, 1.807) is 12.1 Å². The third-order valence-electron chi connectivity index (χ3n) is 2.53.